The molecule has 0 fully saturated rings. The number of aryl methyl sites for hydroxylation is 2. The highest BCUT2D eigenvalue weighted by Crippen LogP contribution is 2.28. The normalized spacial score (nSPS) is 11.6. The maximum absolute atomic E-state index is 12.8. The van der Waals surface area contributed by atoms with Crippen molar-refractivity contribution < 1.29 is 13.2 Å². The molecule has 0 spiro atoms. The van der Waals surface area contributed by atoms with Gasteiger partial charge in [-0.3, -0.25) is 4.72 Å². The molecule has 0 unspecified atom stereocenters. The van der Waals surface area contributed by atoms with Gasteiger partial charge >= 0.3 is 0 Å². The van der Waals surface area contributed by atoms with Crippen LogP contribution in [0.3, 0.4) is 0 Å². The molecule has 0 aliphatic carbocycles. The third-order valence-electron chi connectivity index (χ3n) is 3.73. The molecule has 0 amide bonds. The fourth-order valence-electron chi connectivity index (χ4n) is 2.59. The zero-order valence-corrected chi connectivity index (χ0v) is 14.6. The fraction of sp³-hybridized carbons (Fsp3) is 0.235. The Morgan fingerprint density at radius 3 is 2.75 bits per heavy atom. The van der Waals surface area contributed by atoms with Gasteiger partial charge in [0.1, 0.15) is 5.75 Å². The van der Waals surface area contributed by atoms with Crippen molar-refractivity contribution in [2.75, 3.05) is 11.3 Å². The standard InChI is InChI=1S/C17H19N3O3S/c1-4-23-15-10-13(3)16(11-12(15)2)24(21,22)19-14-6-5-8-20-9-7-18-17(14)20/h5-11,19H,4H2,1-3H3. The lowest BCUT2D eigenvalue weighted by Gasteiger charge is -2.14. The second kappa shape index (κ2) is 6.16. The zero-order chi connectivity index (χ0) is 17.3. The summed E-state index contributed by atoms with van der Waals surface area (Å²) < 4.78 is 35.6. The van der Waals surface area contributed by atoms with Crippen LogP contribution in [-0.4, -0.2) is 24.4 Å². The van der Waals surface area contributed by atoms with Crippen LogP contribution in [0.2, 0.25) is 0 Å². The summed E-state index contributed by atoms with van der Waals surface area (Å²) in [6, 6.07) is 6.84. The molecule has 0 saturated carbocycles. The number of benzene rings is 1. The number of nitrogens with zero attached hydrogens (tertiary/aromatic N) is 2. The van der Waals surface area contributed by atoms with E-state index in [4.69, 9.17) is 4.74 Å². The first-order chi connectivity index (χ1) is 11.4. The van der Waals surface area contributed by atoms with Crippen LogP contribution in [-0.2, 0) is 10.0 Å². The number of sulfonamides is 1. The van der Waals surface area contributed by atoms with E-state index in [9.17, 15) is 8.42 Å². The molecule has 0 atom stereocenters. The Kier molecular flexibility index (Phi) is 4.19. The molecule has 0 bridgehead atoms. The van der Waals surface area contributed by atoms with E-state index < -0.39 is 10.0 Å². The molecule has 1 N–H and O–H groups in total. The van der Waals surface area contributed by atoms with Crippen LogP contribution in [0.4, 0.5) is 5.69 Å². The Bertz CT molecular complexity index is 993. The van der Waals surface area contributed by atoms with Crippen LogP contribution in [0, 0.1) is 13.8 Å². The summed E-state index contributed by atoms with van der Waals surface area (Å²) >= 11 is 0. The van der Waals surface area contributed by atoms with E-state index in [2.05, 4.69) is 9.71 Å². The Labute approximate surface area is 141 Å². The highest BCUT2D eigenvalue weighted by molar-refractivity contribution is 7.92. The predicted octanol–water partition coefficient (Wildman–Crippen LogP) is 3.15. The molecule has 3 aromatic rings. The van der Waals surface area contributed by atoms with Gasteiger partial charge in [-0.05, 0) is 56.2 Å². The minimum Gasteiger partial charge on any atom is -0.494 e. The van der Waals surface area contributed by atoms with E-state index >= 15 is 0 Å². The smallest absolute Gasteiger partial charge is 0.262 e. The molecule has 7 heteroatoms. The summed E-state index contributed by atoms with van der Waals surface area (Å²) in [6.07, 6.45) is 5.20. The molecule has 2 heterocycles. The van der Waals surface area contributed by atoms with E-state index in [1.54, 1.807) is 48.0 Å². The topological polar surface area (TPSA) is 72.7 Å². The lowest BCUT2D eigenvalue weighted by molar-refractivity contribution is 0.337. The number of pyridine rings is 1. The third-order valence-corrected chi connectivity index (χ3v) is 5.23. The predicted molar refractivity (Wildman–Crippen MR) is 93.1 cm³/mol. The first-order valence-electron chi connectivity index (χ1n) is 7.61. The van der Waals surface area contributed by atoms with Crippen molar-refractivity contribution in [2.24, 2.45) is 0 Å². The van der Waals surface area contributed by atoms with Crippen molar-refractivity contribution in [3.63, 3.8) is 0 Å². The highest BCUT2D eigenvalue weighted by Gasteiger charge is 2.20. The summed E-state index contributed by atoms with van der Waals surface area (Å²) in [5, 5.41) is 0. The number of anilines is 1. The monoisotopic (exact) mass is 345 g/mol. The van der Waals surface area contributed by atoms with Crippen molar-refractivity contribution in [3.05, 3.63) is 54.0 Å². The largest absolute Gasteiger partial charge is 0.494 e. The maximum atomic E-state index is 12.8. The fourth-order valence-corrected chi connectivity index (χ4v) is 3.97. The lowest BCUT2D eigenvalue weighted by Crippen LogP contribution is -2.15. The van der Waals surface area contributed by atoms with E-state index in [1.165, 1.54) is 0 Å². The quantitative estimate of drug-likeness (QED) is 0.771. The van der Waals surface area contributed by atoms with Gasteiger partial charge in [-0.25, -0.2) is 13.4 Å². The number of hydrogen-bond acceptors (Lipinski definition) is 4. The molecule has 6 nitrogen and oxygen atoms in total. The molecule has 1 aromatic carbocycles. The molecule has 24 heavy (non-hydrogen) atoms. The van der Waals surface area contributed by atoms with Gasteiger partial charge in [0.2, 0.25) is 0 Å². The van der Waals surface area contributed by atoms with Crippen LogP contribution in [0.1, 0.15) is 18.1 Å². The summed E-state index contributed by atoms with van der Waals surface area (Å²) in [4.78, 5) is 4.42. The minimum atomic E-state index is -3.73. The van der Waals surface area contributed by atoms with Crippen molar-refractivity contribution in [3.8, 4) is 5.75 Å². The molecule has 0 radical (unpaired) electrons. The molecule has 3 rings (SSSR count). The van der Waals surface area contributed by atoms with Gasteiger partial charge in [-0.2, -0.15) is 0 Å². The molecule has 0 aliphatic heterocycles. The average molecular weight is 345 g/mol. The average Bonchev–Trinajstić information content (AvgIpc) is 3.00. The van der Waals surface area contributed by atoms with Gasteiger partial charge in [0.15, 0.2) is 5.65 Å². The molecule has 0 aliphatic rings. The Hall–Kier alpha value is -2.54. The van der Waals surface area contributed by atoms with Crippen LogP contribution in [0.25, 0.3) is 5.65 Å². The second-order valence-electron chi connectivity index (χ2n) is 5.50. The molecular weight excluding hydrogens is 326 g/mol. The Morgan fingerprint density at radius 2 is 2.00 bits per heavy atom. The van der Waals surface area contributed by atoms with E-state index in [1.807, 2.05) is 20.0 Å². The van der Waals surface area contributed by atoms with Crippen LogP contribution >= 0.6 is 0 Å². The van der Waals surface area contributed by atoms with Crippen LogP contribution < -0.4 is 9.46 Å². The van der Waals surface area contributed by atoms with Gasteiger partial charge in [-0.1, -0.05) is 0 Å². The second-order valence-corrected chi connectivity index (χ2v) is 7.15. The van der Waals surface area contributed by atoms with Crippen molar-refractivity contribution in [2.45, 2.75) is 25.7 Å². The van der Waals surface area contributed by atoms with Gasteiger partial charge in [0.25, 0.3) is 10.0 Å². The van der Waals surface area contributed by atoms with Crippen LogP contribution in [0.15, 0.2) is 47.8 Å². The molecule has 0 saturated heterocycles. The summed E-state index contributed by atoms with van der Waals surface area (Å²) in [5.74, 6) is 0.698. The summed E-state index contributed by atoms with van der Waals surface area (Å²) in [6.45, 7) is 6.02. The van der Waals surface area contributed by atoms with Crippen LogP contribution in [0.5, 0.6) is 5.75 Å². The van der Waals surface area contributed by atoms with Crippen molar-refractivity contribution >= 4 is 21.4 Å². The van der Waals surface area contributed by atoms with E-state index in [0.717, 1.165) is 5.56 Å². The van der Waals surface area contributed by atoms with Crippen molar-refractivity contribution in [1.82, 2.24) is 9.38 Å². The number of aromatic nitrogens is 2. The third kappa shape index (κ3) is 2.94. The number of fused-ring (bicyclic) bond motifs is 1. The van der Waals surface area contributed by atoms with E-state index in [0.29, 0.717) is 29.3 Å². The first-order valence-corrected chi connectivity index (χ1v) is 9.09. The van der Waals surface area contributed by atoms with Gasteiger partial charge in [0.05, 0.1) is 17.2 Å². The Balaban J connectivity index is 2.02. The molecule has 126 valence electrons. The SMILES string of the molecule is CCOc1cc(C)c(S(=O)(=O)Nc2cccn3ccnc23)cc1C. The number of imidazole rings is 1. The van der Waals surface area contributed by atoms with Crippen molar-refractivity contribution in [1.29, 1.82) is 0 Å². The van der Waals surface area contributed by atoms with E-state index in [-0.39, 0.29) is 4.90 Å². The number of nitrogens with one attached hydrogen (secondary N) is 1. The van der Waals surface area contributed by atoms with Gasteiger partial charge in [0, 0.05) is 18.6 Å². The highest BCUT2D eigenvalue weighted by atomic mass is 32.2. The Morgan fingerprint density at radius 1 is 1.21 bits per heavy atom. The first kappa shape index (κ1) is 16.3. The number of ether oxygens (including phenoxy) is 1. The molecule has 2 aromatic heterocycles. The molecular formula is C17H19N3O3S. The zero-order valence-electron chi connectivity index (χ0n) is 13.8. The maximum Gasteiger partial charge on any atom is 0.262 e. The van der Waals surface area contributed by atoms with Gasteiger partial charge in [-0.15, -0.1) is 0 Å². The van der Waals surface area contributed by atoms with Gasteiger partial charge < -0.3 is 9.14 Å². The minimum absolute atomic E-state index is 0.233. The summed E-state index contributed by atoms with van der Waals surface area (Å²) in [7, 11) is -3.73. The number of hydrogen-bond donors (Lipinski definition) is 1. The lowest BCUT2D eigenvalue weighted by atomic mass is 10.1. The summed E-state index contributed by atoms with van der Waals surface area (Å²) in [5.41, 5.74) is 2.41. The number of rotatable bonds is 5.